The van der Waals surface area contributed by atoms with Crippen molar-refractivity contribution < 1.29 is 9.53 Å². The van der Waals surface area contributed by atoms with Gasteiger partial charge in [-0.2, -0.15) is 0 Å². The molecule has 0 saturated carbocycles. The van der Waals surface area contributed by atoms with Crippen LogP contribution in [0.2, 0.25) is 10.3 Å². The maximum Gasteiger partial charge on any atom is 0.412 e. The summed E-state index contributed by atoms with van der Waals surface area (Å²) >= 11 is 11.4. The molecule has 1 N–H and O–H groups in total. The lowest BCUT2D eigenvalue weighted by Crippen LogP contribution is -2.27. The number of ether oxygens (including phenoxy) is 1. The summed E-state index contributed by atoms with van der Waals surface area (Å²) in [6.45, 7) is 5.32. The maximum atomic E-state index is 11.4. The van der Waals surface area contributed by atoms with Gasteiger partial charge in [-0.15, -0.1) is 0 Å². The van der Waals surface area contributed by atoms with Crippen molar-refractivity contribution in [3.63, 3.8) is 0 Å². The first-order valence-electron chi connectivity index (χ1n) is 4.60. The number of anilines is 1. The number of amides is 1. The summed E-state index contributed by atoms with van der Waals surface area (Å²) in [4.78, 5) is 15.2. The second-order valence-electron chi connectivity index (χ2n) is 4.10. The predicted octanol–water partition coefficient (Wildman–Crippen LogP) is 3.74. The number of aromatic nitrogens is 1. The summed E-state index contributed by atoms with van der Waals surface area (Å²) in [5, 5.41) is 2.87. The Labute approximate surface area is 104 Å². The highest BCUT2D eigenvalue weighted by Crippen LogP contribution is 2.22. The molecule has 1 rings (SSSR count). The van der Waals surface area contributed by atoms with Crippen molar-refractivity contribution in [2.45, 2.75) is 26.4 Å². The molecule has 4 nitrogen and oxygen atoms in total. The van der Waals surface area contributed by atoms with Crippen LogP contribution in [0.1, 0.15) is 20.8 Å². The van der Waals surface area contributed by atoms with Crippen LogP contribution in [-0.2, 0) is 4.74 Å². The number of nitrogens with one attached hydrogen (secondary N) is 1. The zero-order valence-corrected chi connectivity index (χ0v) is 10.7. The van der Waals surface area contributed by atoms with Crippen LogP contribution in [0.4, 0.5) is 10.5 Å². The fraction of sp³-hybridized carbons (Fsp3) is 0.400. The van der Waals surface area contributed by atoms with E-state index in [0.717, 1.165) is 0 Å². The molecule has 0 aliphatic rings. The molecule has 0 saturated heterocycles. The van der Waals surface area contributed by atoms with E-state index >= 15 is 0 Å². The van der Waals surface area contributed by atoms with E-state index in [0.29, 0.717) is 5.69 Å². The van der Waals surface area contributed by atoms with Crippen molar-refractivity contribution in [2.75, 3.05) is 5.32 Å². The molecular formula is C10H12Cl2N2O2. The van der Waals surface area contributed by atoms with Crippen molar-refractivity contribution in [2.24, 2.45) is 0 Å². The zero-order chi connectivity index (χ0) is 12.3. The van der Waals surface area contributed by atoms with Gasteiger partial charge in [0.1, 0.15) is 10.8 Å². The molecule has 1 aromatic rings. The lowest BCUT2D eigenvalue weighted by atomic mass is 10.2. The maximum absolute atomic E-state index is 11.4. The van der Waals surface area contributed by atoms with Crippen LogP contribution in [0, 0.1) is 0 Å². The van der Waals surface area contributed by atoms with Gasteiger partial charge in [0.05, 0.1) is 5.69 Å². The van der Waals surface area contributed by atoms with Crippen LogP contribution < -0.4 is 5.32 Å². The van der Waals surface area contributed by atoms with E-state index in [1.807, 2.05) is 0 Å². The monoisotopic (exact) mass is 262 g/mol. The molecule has 1 amide bonds. The lowest BCUT2D eigenvalue weighted by molar-refractivity contribution is 0.0636. The Kier molecular flexibility index (Phi) is 3.99. The van der Waals surface area contributed by atoms with E-state index in [1.54, 1.807) is 26.8 Å². The molecule has 1 aromatic heterocycles. The van der Waals surface area contributed by atoms with E-state index in [-0.39, 0.29) is 10.3 Å². The van der Waals surface area contributed by atoms with Crippen LogP contribution >= 0.6 is 23.2 Å². The molecule has 1 heterocycles. The number of halogens is 2. The third kappa shape index (κ3) is 4.24. The van der Waals surface area contributed by atoms with Gasteiger partial charge in [0.25, 0.3) is 0 Å². The predicted molar refractivity (Wildman–Crippen MR) is 64.1 cm³/mol. The smallest absolute Gasteiger partial charge is 0.412 e. The summed E-state index contributed by atoms with van der Waals surface area (Å²) in [7, 11) is 0. The molecule has 0 spiro atoms. The van der Waals surface area contributed by atoms with Gasteiger partial charge in [-0.3, -0.25) is 5.32 Å². The van der Waals surface area contributed by atoms with Crippen LogP contribution in [0.25, 0.3) is 0 Å². The average Bonchev–Trinajstić information content (AvgIpc) is 2.06. The van der Waals surface area contributed by atoms with Gasteiger partial charge < -0.3 is 4.74 Å². The molecule has 0 aliphatic heterocycles. The molecule has 0 fully saturated rings. The molecule has 88 valence electrons. The van der Waals surface area contributed by atoms with Gasteiger partial charge in [0, 0.05) is 0 Å². The number of hydrogen-bond acceptors (Lipinski definition) is 3. The number of nitrogens with zero attached hydrogens (tertiary/aromatic N) is 1. The second kappa shape index (κ2) is 4.89. The Morgan fingerprint density at radius 2 is 2.00 bits per heavy atom. The Morgan fingerprint density at radius 1 is 1.38 bits per heavy atom. The van der Waals surface area contributed by atoms with Crippen LogP contribution in [-0.4, -0.2) is 16.7 Å². The van der Waals surface area contributed by atoms with Crippen LogP contribution in [0.15, 0.2) is 12.1 Å². The standard InChI is InChI=1S/C10H12Cl2N2O2/c1-10(2,3)16-9(15)13-6-4-5-7(11)14-8(6)12/h4-5H,1-3H3,(H,13,15). The first-order chi connectivity index (χ1) is 7.28. The first kappa shape index (κ1) is 13.1. The Balaban J connectivity index is 2.70. The molecular weight excluding hydrogens is 251 g/mol. The molecule has 0 bridgehead atoms. The number of carbonyl (C=O) groups excluding carboxylic acids is 1. The second-order valence-corrected chi connectivity index (χ2v) is 4.84. The third-order valence-electron chi connectivity index (χ3n) is 1.45. The summed E-state index contributed by atoms with van der Waals surface area (Å²) in [6, 6.07) is 3.09. The normalized spacial score (nSPS) is 11.1. The molecule has 0 aliphatic carbocycles. The summed E-state index contributed by atoms with van der Waals surface area (Å²) in [5.74, 6) is 0. The van der Waals surface area contributed by atoms with E-state index in [9.17, 15) is 4.79 Å². The number of hydrogen-bond donors (Lipinski definition) is 1. The number of carbonyl (C=O) groups is 1. The minimum Gasteiger partial charge on any atom is -0.444 e. The zero-order valence-electron chi connectivity index (χ0n) is 9.17. The van der Waals surface area contributed by atoms with Crippen molar-refractivity contribution in [3.05, 3.63) is 22.4 Å². The number of rotatable bonds is 1. The van der Waals surface area contributed by atoms with E-state index in [4.69, 9.17) is 27.9 Å². The summed E-state index contributed by atoms with van der Waals surface area (Å²) in [5.41, 5.74) is -0.198. The Bertz CT molecular complexity index is 402. The van der Waals surface area contributed by atoms with Gasteiger partial charge in [-0.1, -0.05) is 23.2 Å². The Morgan fingerprint density at radius 3 is 2.50 bits per heavy atom. The van der Waals surface area contributed by atoms with E-state index in [1.165, 1.54) is 6.07 Å². The van der Waals surface area contributed by atoms with E-state index < -0.39 is 11.7 Å². The first-order valence-corrected chi connectivity index (χ1v) is 5.35. The minimum absolute atomic E-state index is 0.123. The fourth-order valence-electron chi connectivity index (χ4n) is 0.919. The number of pyridine rings is 1. The minimum atomic E-state index is -0.585. The molecule has 0 radical (unpaired) electrons. The summed E-state index contributed by atoms with van der Waals surface area (Å²) < 4.78 is 5.06. The SMILES string of the molecule is CC(C)(C)OC(=O)Nc1ccc(Cl)nc1Cl. The highest BCUT2D eigenvalue weighted by atomic mass is 35.5. The van der Waals surface area contributed by atoms with Crippen LogP contribution in [0.3, 0.4) is 0 Å². The molecule has 0 unspecified atom stereocenters. The largest absolute Gasteiger partial charge is 0.444 e. The van der Waals surface area contributed by atoms with Crippen molar-refractivity contribution >= 4 is 35.0 Å². The highest BCUT2D eigenvalue weighted by molar-refractivity contribution is 6.34. The van der Waals surface area contributed by atoms with E-state index in [2.05, 4.69) is 10.3 Å². The molecule has 0 atom stereocenters. The fourth-order valence-corrected chi connectivity index (χ4v) is 1.31. The van der Waals surface area contributed by atoms with Crippen molar-refractivity contribution in [3.8, 4) is 0 Å². The summed E-state index contributed by atoms with van der Waals surface area (Å²) in [6.07, 6.45) is -0.585. The van der Waals surface area contributed by atoms with Gasteiger partial charge in [-0.25, -0.2) is 9.78 Å². The van der Waals surface area contributed by atoms with Gasteiger partial charge in [-0.05, 0) is 32.9 Å². The Hall–Kier alpha value is -1.00. The van der Waals surface area contributed by atoms with Crippen molar-refractivity contribution in [1.29, 1.82) is 0 Å². The topological polar surface area (TPSA) is 51.2 Å². The molecule has 6 heteroatoms. The van der Waals surface area contributed by atoms with Crippen LogP contribution in [0.5, 0.6) is 0 Å². The van der Waals surface area contributed by atoms with Gasteiger partial charge >= 0.3 is 6.09 Å². The third-order valence-corrected chi connectivity index (χ3v) is 1.95. The van der Waals surface area contributed by atoms with Gasteiger partial charge in [0.2, 0.25) is 0 Å². The van der Waals surface area contributed by atoms with Crippen molar-refractivity contribution in [1.82, 2.24) is 4.98 Å². The van der Waals surface area contributed by atoms with Gasteiger partial charge in [0.15, 0.2) is 5.15 Å². The highest BCUT2D eigenvalue weighted by Gasteiger charge is 2.17. The quantitative estimate of drug-likeness (QED) is 0.785. The lowest BCUT2D eigenvalue weighted by Gasteiger charge is -2.19. The molecule has 16 heavy (non-hydrogen) atoms. The molecule has 0 aromatic carbocycles. The average molecular weight is 263 g/mol.